The van der Waals surface area contributed by atoms with Crippen molar-refractivity contribution in [3.8, 4) is 0 Å². The molecule has 0 amide bonds. The molecule has 0 atom stereocenters. The predicted octanol–water partition coefficient (Wildman–Crippen LogP) is 4.08. The highest BCUT2D eigenvalue weighted by Crippen LogP contribution is 2.30. The molecule has 0 aromatic heterocycles. The van der Waals surface area contributed by atoms with Crippen LogP contribution in [0.1, 0.15) is 31.9 Å². The maximum absolute atomic E-state index is 12.6. The van der Waals surface area contributed by atoms with Gasteiger partial charge in [-0.15, -0.1) is 0 Å². The second-order valence-corrected chi connectivity index (χ2v) is 4.65. The fourth-order valence-electron chi connectivity index (χ4n) is 2.24. The first-order valence-electron chi connectivity index (χ1n) is 6.38. The summed E-state index contributed by atoms with van der Waals surface area (Å²) in [5.41, 5.74) is 0.205. The van der Waals surface area contributed by atoms with Crippen molar-refractivity contribution in [2.75, 3.05) is 19.6 Å². The third-order valence-electron chi connectivity index (χ3n) is 3.78. The molecule has 0 fully saturated rings. The lowest BCUT2D eigenvalue weighted by molar-refractivity contribution is -0.936. The first-order valence-corrected chi connectivity index (χ1v) is 6.38. The van der Waals surface area contributed by atoms with Crippen molar-refractivity contribution < 1.29 is 17.7 Å². The van der Waals surface area contributed by atoms with E-state index in [1.54, 1.807) is 6.07 Å². The normalized spacial score (nSPS) is 12.8. The van der Waals surface area contributed by atoms with Crippen molar-refractivity contribution in [3.63, 3.8) is 0 Å². The molecule has 0 aliphatic rings. The zero-order valence-corrected chi connectivity index (χ0v) is 11.2. The average Bonchev–Trinajstić information content (AvgIpc) is 2.35. The molecule has 0 N–H and O–H groups in total. The summed E-state index contributed by atoms with van der Waals surface area (Å²) >= 11 is 0. The monoisotopic (exact) mass is 260 g/mol. The molecule has 1 aromatic rings. The number of nitrogens with zero attached hydrogens (tertiary/aromatic N) is 1. The second-order valence-electron chi connectivity index (χ2n) is 4.65. The molecule has 0 bridgehead atoms. The van der Waals surface area contributed by atoms with Gasteiger partial charge in [0.05, 0.1) is 25.2 Å². The lowest BCUT2D eigenvalue weighted by Crippen LogP contribution is -2.46. The Morgan fingerprint density at radius 3 is 2.00 bits per heavy atom. The summed E-state index contributed by atoms with van der Waals surface area (Å²) in [7, 11) is 0. The molecule has 1 aromatic carbocycles. The molecule has 0 aliphatic carbocycles. The van der Waals surface area contributed by atoms with Gasteiger partial charge >= 0.3 is 6.18 Å². The standard InChI is InChI=1S/C14H21F3N/c1-4-18(5-2,6-3)11-12-8-7-9-13(10-12)14(15,16)17/h7-10H,4-6,11H2,1-3H3/q+1. The molecule has 0 saturated heterocycles. The Labute approximate surface area is 107 Å². The Kier molecular flexibility index (Phi) is 4.79. The molecule has 1 nitrogen and oxygen atoms in total. The molecule has 0 spiro atoms. The summed E-state index contributed by atoms with van der Waals surface area (Å²) in [5, 5.41) is 0. The van der Waals surface area contributed by atoms with E-state index < -0.39 is 11.7 Å². The molecule has 4 heteroatoms. The van der Waals surface area contributed by atoms with E-state index in [-0.39, 0.29) is 0 Å². The van der Waals surface area contributed by atoms with Crippen LogP contribution in [0.2, 0.25) is 0 Å². The zero-order chi connectivity index (χ0) is 13.8. The smallest absolute Gasteiger partial charge is 0.321 e. The molecule has 0 unspecified atom stereocenters. The van der Waals surface area contributed by atoms with E-state index in [4.69, 9.17) is 0 Å². The van der Waals surface area contributed by atoms with Gasteiger partial charge in [-0.05, 0) is 32.9 Å². The Morgan fingerprint density at radius 2 is 1.56 bits per heavy atom. The first-order chi connectivity index (χ1) is 8.37. The van der Waals surface area contributed by atoms with Crippen LogP contribution in [0.15, 0.2) is 24.3 Å². The van der Waals surface area contributed by atoms with Crippen LogP contribution < -0.4 is 0 Å². The fourth-order valence-corrected chi connectivity index (χ4v) is 2.24. The van der Waals surface area contributed by atoms with Gasteiger partial charge in [0.1, 0.15) is 6.54 Å². The maximum Gasteiger partial charge on any atom is 0.416 e. The number of hydrogen-bond donors (Lipinski definition) is 0. The molecule has 102 valence electrons. The topological polar surface area (TPSA) is 0 Å². The number of hydrogen-bond acceptors (Lipinski definition) is 0. The molecular weight excluding hydrogens is 239 g/mol. The SMILES string of the molecule is CC[N+](CC)(CC)Cc1cccc(C(F)(F)F)c1. The van der Waals surface area contributed by atoms with Gasteiger partial charge in [-0.25, -0.2) is 0 Å². The average molecular weight is 260 g/mol. The predicted molar refractivity (Wildman–Crippen MR) is 67.0 cm³/mol. The van der Waals surface area contributed by atoms with Gasteiger partial charge in [0.25, 0.3) is 0 Å². The van der Waals surface area contributed by atoms with Crippen molar-refractivity contribution in [2.45, 2.75) is 33.5 Å². The van der Waals surface area contributed by atoms with Gasteiger partial charge in [-0.1, -0.05) is 12.1 Å². The Hall–Kier alpha value is -1.03. The van der Waals surface area contributed by atoms with E-state index in [2.05, 4.69) is 20.8 Å². The molecule has 0 saturated carbocycles. The third kappa shape index (κ3) is 3.48. The highest BCUT2D eigenvalue weighted by molar-refractivity contribution is 5.25. The molecule has 0 radical (unpaired) electrons. The highest BCUT2D eigenvalue weighted by atomic mass is 19.4. The van der Waals surface area contributed by atoms with Crippen molar-refractivity contribution in [3.05, 3.63) is 35.4 Å². The summed E-state index contributed by atoms with van der Waals surface area (Å²) in [5.74, 6) is 0. The van der Waals surface area contributed by atoms with Crippen molar-refractivity contribution in [2.24, 2.45) is 0 Å². The van der Waals surface area contributed by atoms with E-state index in [1.165, 1.54) is 12.1 Å². The Bertz CT molecular complexity index is 373. The van der Waals surface area contributed by atoms with Crippen LogP contribution >= 0.6 is 0 Å². The second kappa shape index (κ2) is 5.74. The van der Waals surface area contributed by atoms with Crippen LogP contribution in [0.25, 0.3) is 0 Å². The number of halogens is 3. The van der Waals surface area contributed by atoms with Crippen LogP contribution in [0.4, 0.5) is 13.2 Å². The van der Waals surface area contributed by atoms with Gasteiger partial charge in [0.15, 0.2) is 0 Å². The van der Waals surface area contributed by atoms with Crippen LogP contribution in [0.3, 0.4) is 0 Å². The number of alkyl halides is 3. The van der Waals surface area contributed by atoms with E-state index in [1.807, 2.05) is 0 Å². The van der Waals surface area contributed by atoms with Crippen molar-refractivity contribution in [1.82, 2.24) is 0 Å². The van der Waals surface area contributed by atoms with Gasteiger partial charge in [-0.3, -0.25) is 0 Å². The number of rotatable bonds is 5. The third-order valence-corrected chi connectivity index (χ3v) is 3.78. The number of benzene rings is 1. The van der Waals surface area contributed by atoms with E-state index in [0.29, 0.717) is 6.54 Å². The van der Waals surface area contributed by atoms with Crippen LogP contribution in [-0.2, 0) is 12.7 Å². The fraction of sp³-hybridized carbons (Fsp3) is 0.571. The van der Waals surface area contributed by atoms with Crippen molar-refractivity contribution >= 4 is 0 Å². The van der Waals surface area contributed by atoms with E-state index in [0.717, 1.165) is 35.7 Å². The van der Waals surface area contributed by atoms with Gasteiger partial charge < -0.3 is 4.48 Å². The lowest BCUT2D eigenvalue weighted by Gasteiger charge is -2.36. The highest BCUT2D eigenvalue weighted by Gasteiger charge is 2.31. The minimum atomic E-state index is -4.25. The quantitative estimate of drug-likeness (QED) is 0.700. The van der Waals surface area contributed by atoms with Crippen LogP contribution in [0.5, 0.6) is 0 Å². The first kappa shape index (κ1) is 15.0. The summed E-state index contributed by atoms with van der Waals surface area (Å²) in [6, 6.07) is 5.67. The molecule has 0 aliphatic heterocycles. The van der Waals surface area contributed by atoms with Gasteiger partial charge in [0.2, 0.25) is 0 Å². The zero-order valence-electron chi connectivity index (χ0n) is 11.2. The van der Waals surface area contributed by atoms with Gasteiger partial charge in [-0.2, -0.15) is 13.2 Å². The van der Waals surface area contributed by atoms with Crippen LogP contribution in [-0.4, -0.2) is 24.1 Å². The Morgan fingerprint density at radius 1 is 1.00 bits per heavy atom. The minimum absolute atomic E-state index is 0.554. The van der Waals surface area contributed by atoms with Crippen molar-refractivity contribution in [1.29, 1.82) is 0 Å². The number of quaternary nitrogens is 1. The van der Waals surface area contributed by atoms with E-state index >= 15 is 0 Å². The Balaban J connectivity index is 2.98. The van der Waals surface area contributed by atoms with E-state index in [9.17, 15) is 13.2 Å². The largest absolute Gasteiger partial charge is 0.416 e. The maximum atomic E-state index is 12.6. The summed E-state index contributed by atoms with van der Waals surface area (Å²) < 4.78 is 38.7. The molecule has 0 heterocycles. The van der Waals surface area contributed by atoms with Crippen LogP contribution in [0, 0.1) is 0 Å². The summed E-state index contributed by atoms with van der Waals surface area (Å²) in [6.07, 6.45) is -4.25. The van der Waals surface area contributed by atoms with Gasteiger partial charge in [0, 0.05) is 5.56 Å². The molecular formula is C14H21F3N+. The molecule has 18 heavy (non-hydrogen) atoms. The lowest BCUT2D eigenvalue weighted by atomic mass is 10.1. The minimum Gasteiger partial charge on any atom is -0.321 e. The summed E-state index contributed by atoms with van der Waals surface area (Å²) in [6.45, 7) is 9.71. The molecule has 1 rings (SSSR count). The summed E-state index contributed by atoms with van der Waals surface area (Å²) in [4.78, 5) is 0.